The van der Waals surface area contributed by atoms with Crippen LogP contribution in [0.5, 0.6) is 0 Å². The predicted molar refractivity (Wildman–Crippen MR) is 63.4 cm³/mol. The van der Waals surface area contributed by atoms with Crippen molar-refractivity contribution in [3.8, 4) is 11.1 Å². The molecule has 2 rings (SSSR count). The second kappa shape index (κ2) is 4.70. The van der Waals surface area contributed by atoms with Gasteiger partial charge >= 0.3 is 6.18 Å². The zero-order valence-electron chi connectivity index (χ0n) is 9.70. The maximum atomic E-state index is 12.6. The van der Waals surface area contributed by atoms with Crippen LogP contribution >= 0.6 is 11.6 Å². The van der Waals surface area contributed by atoms with Gasteiger partial charge in [0.2, 0.25) is 5.69 Å². The summed E-state index contributed by atoms with van der Waals surface area (Å²) in [5, 5.41) is 14.8. The van der Waals surface area contributed by atoms with Crippen LogP contribution in [0.25, 0.3) is 11.1 Å². The van der Waals surface area contributed by atoms with Crippen LogP contribution in [-0.2, 0) is 6.18 Å². The van der Waals surface area contributed by atoms with E-state index in [2.05, 4.69) is 5.10 Å². The Bertz CT molecular complexity index is 629. The Morgan fingerprint density at radius 2 is 1.95 bits per heavy atom. The van der Waals surface area contributed by atoms with Crippen molar-refractivity contribution in [2.24, 2.45) is 0 Å². The van der Waals surface area contributed by atoms with Gasteiger partial charge in [-0.2, -0.15) is 13.2 Å². The van der Waals surface area contributed by atoms with Gasteiger partial charge in [-0.15, -0.1) is 0 Å². The van der Waals surface area contributed by atoms with Gasteiger partial charge in [0.05, 0.1) is 11.1 Å². The summed E-state index contributed by atoms with van der Waals surface area (Å²) in [6.45, 7) is 1.46. The van der Waals surface area contributed by atoms with Crippen LogP contribution in [0, 0.1) is 12.1 Å². The molecule has 7 heteroatoms. The molecule has 0 saturated carbocycles. The van der Waals surface area contributed by atoms with Gasteiger partial charge in [-0.25, -0.2) is 0 Å². The molecule has 0 N–H and O–H groups in total. The minimum absolute atomic E-state index is 0.0759. The lowest BCUT2D eigenvalue weighted by molar-refractivity contribution is -0.674. The molecule has 0 aliphatic carbocycles. The van der Waals surface area contributed by atoms with E-state index in [-0.39, 0.29) is 21.3 Å². The molecule has 0 amide bonds. The molecule has 19 heavy (non-hydrogen) atoms. The lowest BCUT2D eigenvalue weighted by Crippen LogP contribution is -2.35. The van der Waals surface area contributed by atoms with Crippen LogP contribution in [0.4, 0.5) is 13.2 Å². The third kappa shape index (κ3) is 2.78. The van der Waals surface area contributed by atoms with Crippen LogP contribution in [-0.4, -0.2) is 5.10 Å². The molecule has 0 bridgehead atoms. The first kappa shape index (κ1) is 13.6. The Morgan fingerprint density at radius 3 is 2.58 bits per heavy atom. The lowest BCUT2D eigenvalue weighted by Gasteiger charge is -2.10. The molecule has 0 spiro atoms. The van der Waals surface area contributed by atoms with Gasteiger partial charge in [0.25, 0.3) is 0 Å². The molecule has 0 radical (unpaired) electrons. The fraction of sp³-hybridized carbons (Fsp3) is 0.167. The summed E-state index contributed by atoms with van der Waals surface area (Å²) < 4.78 is 37.9. The third-order valence-corrected chi connectivity index (χ3v) is 2.81. The Kier molecular flexibility index (Phi) is 3.36. The fourth-order valence-electron chi connectivity index (χ4n) is 1.67. The molecule has 1 aromatic heterocycles. The summed E-state index contributed by atoms with van der Waals surface area (Å²) in [7, 11) is 0. The van der Waals surface area contributed by atoms with Crippen LogP contribution < -0.4 is 4.85 Å². The second-order valence-corrected chi connectivity index (χ2v) is 4.30. The van der Waals surface area contributed by atoms with Crippen LogP contribution in [0.15, 0.2) is 30.3 Å². The molecule has 2 aromatic rings. The second-order valence-electron chi connectivity index (χ2n) is 3.92. The number of hydrogen-bond donors (Lipinski definition) is 0. The van der Waals surface area contributed by atoms with Crippen molar-refractivity contribution < 1.29 is 18.0 Å². The number of halogens is 4. The number of nitrogens with zero attached hydrogens (tertiary/aromatic N) is 2. The van der Waals surface area contributed by atoms with E-state index < -0.39 is 11.7 Å². The molecular weight excluding hydrogens is 281 g/mol. The van der Waals surface area contributed by atoms with Crippen LogP contribution in [0.2, 0.25) is 5.15 Å². The number of benzene rings is 1. The van der Waals surface area contributed by atoms with Crippen molar-refractivity contribution in [1.29, 1.82) is 0 Å². The number of rotatable bonds is 1. The van der Waals surface area contributed by atoms with Gasteiger partial charge in [-0.1, -0.05) is 28.6 Å². The molecule has 3 nitrogen and oxygen atoms in total. The molecule has 0 atom stereocenters. The highest BCUT2D eigenvalue weighted by Crippen LogP contribution is 2.32. The third-order valence-electron chi connectivity index (χ3n) is 2.63. The van der Waals surface area contributed by atoms with Crippen molar-refractivity contribution >= 4 is 11.6 Å². The highest BCUT2D eigenvalue weighted by atomic mass is 35.5. The summed E-state index contributed by atoms with van der Waals surface area (Å²) in [6, 6.07) is 6.06. The standard InChI is InChI=1S/C12H8ClF3N2O/c1-7-10(6-11(13)17-18(7)19)8-3-2-4-9(5-8)12(14,15)16/h2-6H,1H3. The van der Waals surface area contributed by atoms with E-state index in [1.807, 2.05) is 0 Å². The molecule has 100 valence electrons. The average Bonchev–Trinajstić information content (AvgIpc) is 2.33. The smallest absolute Gasteiger partial charge is 0.416 e. The Balaban J connectivity index is 2.60. The fourth-order valence-corrected chi connectivity index (χ4v) is 1.85. The largest absolute Gasteiger partial charge is 0.594 e. The molecule has 0 saturated heterocycles. The van der Waals surface area contributed by atoms with Crippen molar-refractivity contribution in [3.63, 3.8) is 0 Å². The molecule has 1 heterocycles. The maximum Gasteiger partial charge on any atom is 0.416 e. The van der Waals surface area contributed by atoms with Crippen LogP contribution in [0.3, 0.4) is 0 Å². The molecule has 0 aliphatic rings. The first-order chi connectivity index (χ1) is 8.79. The van der Waals surface area contributed by atoms with E-state index in [1.54, 1.807) is 0 Å². The van der Waals surface area contributed by atoms with Gasteiger partial charge < -0.3 is 5.21 Å². The summed E-state index contributed by atoms with van der Waals surface area (Å²) in [5.41, 5.74) is -0.0131. The average molecular weight is 289 g/mol. The van der Waals surface area contributed by atoms with E-state index in [4.69, 9.17) is 11.6 Å². The van der Waals surface area contributed by atoms with Gasteiger partial charge in [0.15, 0.2) is 5.15 Å². The molecule has 0 aliphatic heterocycles. The van der Waals surface area contributed by atoms with Gasteiger partial charge in [-0.05, 0) is 23.8 Å². The number of aromatic nitrogens is 2. The quantitative estimate of drug-likeness (QED) is 0.596. The Hall–Kier alpha value is -1.82. The highest BCUT2D eigenvalue weighted by molar-refractivity contribution is 6.29. The summed E-state index contributed by atoms with van der Waals surface area (Å²) >= 11 is 5.65. The summed E-state index contributed by atoms with van der Waals surface area (Å²) in [5.74, 6) is 0. The topological polar surface area (TPSA) is 39.8 Å². The highest BCUT2D eigenvalue weighted by Gasteiger charge is 2.30. The Labute approximate surface area is 111 Å². The van der Waals surface area contributed by atoms with Crippen molar-refractivity contribution in [2.45, 2.75) is 13.1 Å². The summed E-state index contributed by atoms with van der Waals surface area (Å²) in [6.07, 6.45) is -4.44. The monoisotopic (exact) mass is 288 g/mol. The molecule has 0 unspecified atom stereocenters. The SMILES string of the molecule is Cc1c(-c2cccc(C(F)(F)F)c2)cc(Cl)n[n+]1[O-]. The van der Waals surface area contributed by atoms with Crippen LogP contribution in [0.1, 0.15) is 11.3 Å². The lowest BCUT2D eigenvalue weighted by atomic mass is 10.0. The van der Waals surface area contributed by atoms with E-state index in [9.17, 15) is 18.4 Å². The predicted octanol–water partition coefficient (Wildman–Crippen LogP) is 3.36. The van der Waals surface area contributed by atoms with Crippen molar-refractivity contribution in [3.05, 3.63) is 51.9 Å². The number of hydrogen-bond acceptors (Lipinski definition) is 2. The van der Waals surface area contributed by atoms with E-state index in [0.717, 1.165) is 12.1 Å². The number of alkyl halides is 3. The van der Waals surface area contributed by atoms with E-state index in [1.165, 1.54) is 25.1 Å². The molecular formula is C12H8ClF3N2O. The first-order valence-electron chi connectivity index (χ1n) is 5.23. The van der Waals surface area contributed by atoms with Crippen molar-refractivity contribution in [2.75, 3.05) is 0 Å². The molecule has 0 fully saturated rings. The minimum atomic E-state index is -4.44. The summed E-state index contributed by atoms with van der Waals surface area (Å²) in [4.78, 5) is 0.290. The van der Waals surface area contributed by atoms with E-state index in [0.29, 0.717) is 5.56 Å². The van der Waals surface area contributed by atoms with E-state index >= 15 is 0 Å². The van der Waals surface area contributed by atoms with Crippen molar-refractivity contribution in [1.82, 2.24) is 5.10 Å². The first-order valence-corrected chi connectivity index (χ1v) is 5.61. The molecule has 1 aromatic carbocycles. The zero-order valence-corrected chi connectivity index (χ0v) is 10.5. The normalized spacial score (nSPS) is 11.6. The maximum absolute atomic E-state index is 12.6. The van der Waals surface area contributed by atoms with Gasteiger partial charge in [0.1, 0.15) is 0 Å². The Morgan fingerprint density at radius 1 is 1.26 bits per heavy atom. The minimum Gasteiger partial charge on any atom is -0.594 e. The van der Waals surface area contributed by atoms with Gasteiger partial charge in [-0.3, -0.25) is 0 Å². The van der Waals surface area contributed by atoms with Gasteiger partial charge in [0, 0.05) is 12.0 Å². The zero-order chi connectivity index (χ0) is 14.2.